The first-order chi connectivity index (χ1) is 14.4. The second kappa shape index (κ2) is 7.05. The minimum Gasteiger partial charge on any atom is -0.336 e. The molecule has 156 valence electrons. The van der Waals surface area contributed by atoms with E-state index in [1.807, 2.05) is 42.6 Å². The van der Waals surface area contributed by atoms with Crippen molar-refractivity contribution in [3.63, 3.8) is 0 Å². The standard InChI is InChI=1S/C22H27N7O/c1-16-9-19(25-27(16)3)21(30)29-13-22(14-29)12-28(10-17-7-5-4-6-8-17)11-18(22)20-24-23-15-26(20)2/h4-9,15,18H,10-14H2,1-3H3. The summed E-state index contributed by atoms with van der Waals surface area (Å²) >= 11 is 0. The Bertz CT molecular complexity index is 1040. The van der Waals surface area contributed by atoms with Gasteiger partial charge in [-0.1, -0.05) is 30.3 Å². The molecule has 3 aromatic rings. The first-order valence-corrected chi connectivity index (χ1v) is 10.4. The second-order valence-electron chi connectivity index (χ2n) is 8.83. The summed E-state index contributed by atoms with van der Waals surface area (Å²) in [6.45, 7) is 6.19. The van der Waals surface area contributed by atoms with Crippen LogP contribution in [0.25, 0.3) is 0 Å². The molecule has 8 heteroatoms. The van der Waals surface area contributed by atoms with E-state index in [1.165, 1.54) is 5.56 Å². The van der Waals surface area contributed by atoms with Crippen LogP contribution in [0.5, 0.6) is 0 Å². The highest BCUT2D eigenvalue weighted by Gasteiger charge is 2.57. The number of carbonyl (C=O) groups is 1. The van der Waals surface area contributed by atoms with Crippen molar-refractivity contribution >= 4 is 5.91 Å². The van der Waals surface area contributed by atoms with Crippen LogP contribution in [-0.4, -0.2) is 66.4 Å². The van der Waals surface area contributed by atoms with Gasteiger partial charge in [0.1, 0.15) is 12.2 Å². The first kappa shape index (κ1) is 19.0. The van der Waals surface area contributed by atoms with Crippen molar-refractivity contribution in [2.45, 2.75) is 19.4 Å². The highest BCUT2D eigenvalue weighted by Crippen LogP contribution is 2.49. The summed E-state index contributed by atoms with van der Waals surface area (Å²) in [4.78, 5) is 17.4. The van der Waals surface area contributed by atoms with Gasteiger partial charge < -0.3 is 9.47 Å². The zero-order valence-corrected chi connectivity index (χ0v) is 17.7. The highest BCUT2D eigenvalue weighted by atomic mass is 16.2. The number of benzene rings is 1. The fourth-order valence-electron chi connectivity index (χ4n) is 5.00. The molecule has 30 heavy (non-hydrogen) atoms. The van der Waals surface area contributed by atoms with Crippen molar-refractivity contribution < 1.29 is 4.79 Å². The topological polar surface area (TPSA) is 72.1 Å². The highest BCUT2D eigenvalue weighted by molar-refractivity contribution is 5.93. The van der Waals surface area contributed by atoms with Gasteiger partial charge in [-0.15, -0.1) is 10.2 Å². The molecular weight excluding hydrogens is 378 g/mol. The maximum atomic E-state index is 13.0. The van der Waals surface area contributed by atoms with Gasteiger partial charge in [-0.3, -0.25) is 14.4 Å². The van der Waals surface area contributed by atoms with E-state index in [2.05, 4.69) is 44.5 Å². The van der Waals surface area contributed by atoms with Crippen molar-refractivity contribution in [3.05, 3.63) is 65.5 Å². The fourth-order valence-corrected chi connectivity index (χ4v) is 5.00. The van der Waals surface area contributed by atoms with Crippen LogP contribution in [0.4, 0.5) is 0 Å². The first-order valence-electron chi connectivity index (χ1n) is 10.4. The zero-order chi connectivity index (χ0) is 20.9. The minimum atomic E-state index is 0.00899. The van der Waals surface area contributed by atoms with Crippen molar-refractivity contribution in [3.8, 4) is 0 Å². The van der Waals surface area contributed by atoms with Crippen LogP contribution in [0, 0.1) is 12.3 Å². The molecule has 0 aliphatic carbocycles. The summed E-state index contributed by atoms with van der Waals surface area (Å²) in [5, 5.41) is 12.9. The summed E-state index contributed by atoms with van der Waals surface area (Å²) in [5.74, 6) is 1.28. The zero-order valence-electron chi connectivity index (χ0n) is 17.7. The number of aryl methyl sites for hydroxylation is 3. The lowest BCUT2D eigenvalue weighted by Gasteiger charge is -2.50. The summed E-state index contributed by atoms with van der Waals surface area (Å²) in [6, 6.07) is 12.4. The van der Waals surface area contributed by atoms with Gasteiger partial charge in [0, 0.05) is 63.8 Å². The third-order valence-electron chi connectivity index (χ3n) is 6.66. The molecule has 2 aliphatic rings. The smallest absolute Gasteiger partial charge is 0.274 e. The van der Waals surface area contributed by atoms with E-state index in [-0.39, 0.29) is 17.2 Å². The molecule has 2 aliphatic heterocycles. The molecule has 2 saturated heterocycles. The Hall–Kier alpha value is -3.00. The number of nitrogens with zero attached hydrogens (tertiary/aromatic N) is 7. The molecule has 1 aromatic carbocycles. The van der Waals surface area contributed by atoms with E-state index in [9.17, 15) is 4.79 Å². The van der Waals surface area contributed by atoms with Crippen molar-refractivity contribution in [2.24, 2.45) is 19.5 Å². The number of carbonyl (C=O) groups excluding carboxylic acids is 1. The van der Waals surface area contributed by atoms with Gasteiger partial charge in [-0.25, -0.2) is 0 Å². The van der Waals surface area contributed by atoms with E-state index in [1.54, 1.807) is 11.0 Å². The average molecular weight is 406 g/mol. The van der Waals surface area contributed by atoms with Gasteiger partial charge in [0.25, 0.3) is 5.91 Å². The molecule has 0 saturated carbocycles. The van der Waals surface area contributed by atoms with Crippen LogP contribution in [0.2, 0.25) is 0 Å². The minimum absolute atomic E-state index is 0.00899. The van der Waals surface area contributed by atoms with Crippen molar-refractivity contribution in [2.75, 3.05) is 26.2 Å². The number of likely N-dealkylation sites (tertiary alicyclic amines) is 2. The van der Waals surface area contributed by atoms with Crippen molar-refractivity contribution in [1.82, 2.24) is 34.3 Å². The molecule has 2 fully saturated rings. The Morgan fingerprint density at radius 2 is 1.93 bits per heavy atom. The molecule has 0 bridgehead atoms. The lowest BCUT2D eigenvalue weighted by Crippen LogP contribution is -2.61. The van der Waals surface area contributed by atoms with Gasteiger partial charge in [0.05, 0.1) is 0 Å². The maximum absolute atomic E-state index is 13.0. The Kier molecular flexibility index (Phi) is 4.47. The SMILES string of the molecule is Cc1cc(C(=O)N2CC3(CN(Cc4ccccc4)CC3c3nncn3C)C2)nn1C. The van der Waals surface area contributed by atoms with E-state index < -0.39 is 0 Å². The molecule has 5 rings (SSSR count). The van der Waals surface area contributed by atoms with Gasteiger partial charge in [0.15, 0.2) is 5.69 Å². The monoisotopic (exact) mass is 405 g/mol. The molecule has 2 aromatic heterocycles. The third-order valence-corrected chi connectivity index (χ3v) is 6.66. The molecule has 1 atom stereocenters. The van der Waals surface area contributed by atoms with Crippen molar-refractivity contribution in [1.29, 1.82) is 0 Å². The molecular formula is C22H27N7O. The quantitative estimate of drug-likeness (QED) is 0.659. The number of hydrogen-bond acceptors (Lipinski definition) is 5. The molecule has 1 spiro atoms. The molecule has 0 radical (unpaired) electrons. The predicted molar refractivity (Wildman–Crippen MR) is 112 cm³/mol. The maximum Gasteiger partial charge on any atom is 0.274 e. The van der Waals surface area contributed by atoms with E-state index >= 15 is 0 Å². The summed E-state index contributed by atoms with van der Waals surface area (Å²) in [7, 11) is 3.87. The van der Waals surface area contributed by atoms with E-state index in [0.29, 0.717) is 5.69 Å². The van der Waals surface area contributed by atoms with Gasteiger partial charge in [-0.05, 0) is 18.6 Å². The second-order valence-corrected chi connectivity index (χ2v) is 8.83. The van der Waals surface area contributed by atoms with Gasteiger partial charge >= 0.3 is 0 Å². The van der Waals surface area contributed by atoms with Crippen LogP contribution in [0.3, 0.4) is 0 Å². The summed E-state index contributed by atoms with van der Waals surface area (Å²) in [6.07, 6.45) is 1.77. The largest absolute Gasteiger partial charge is 0.336 e. The Labute approximate surface area is 176 Å². The molecule has 0 N–H and O–H groups in total. The number of aromatic nitrogens is 5. The van der Waals surface area contributed by atoms with Crippen LogP contribution in [0.1, 0.15) is 33.5 Å². The van der Waals surface area contributed by atoms with E-state index in [0.717, 1.165) is 44.2 Å². The van der Waals surface area contributed by atoms with Crippen LogP contribution >= 0.6 is 0 Å². The number of hydrogen-bond donors (Lipinski definition) is 0. The molecule has 8 nitrogen and oxygen atoms in total. The lowest BCUT2D eigenvalue weighted by molar-refractivity contribution is 0.000928. The van der Waals surface area contributed by atoms with Gasteiger partial charge in [-0.2, -0.15) is 5.10 Å². The average Bonchev–Trinajstić information content (AvgIpc) is 3.38. The van der Waals surface area contributed by atoms with E-state index in [4.69, 9.17) is 0 Å². The molecule has 1 unspecified atom stereocenters. The Morgan fingerprint density at radius 3 is 2.57 bits per heavy atom. The summed E-state index contributed by atoms with van der Waals surface area (Å²) in [5.41, 5.74) is 2.83. The normalized spacial score (nSPS) is 20.6. The van der Waals surface area contributed by atoms with Crippen LogP contribution < -0.4 is 0 Å². The van der Waals surface area contributed by atoms with Crippen LogP contribution in [-0.2, 0) is 20.6 Å². The third kappa shape index (κ3) is 3.11. The lowest BCUT2D eigenvalue weighted by atomic mass is 9.71. The van der Waals surface area contributed by atoms with Gasteiger partial charge in [0.2, 0.25) is 0 Å². The Balaban J connectivity index is 1.36. The molecule has 1 amide bonds. The van der Waals surface area contributed by atoms with Crippen LogP contribution in [0.15, 0.2) is 42.7 Å². The Morgan fingerprint density at radius 1 is 1.17 bits per heavy atom. The fraction of sp³-hybridized carbons (Fsp3) is 0.455. The molecule has 4 heterocycles. The summed E-state index contributed by atoms with van der Waals surface area (Å²) < 4.78 is 3.77. The number of amides is 1. The number of rotatable bonds is 4. The predicted octanol–water partition coefficient (Wildman–Crippen LogP) is 1.60.